The number of ether oxygens (including phenoxy) is 1. The van der Waals surface area contributed by atoms with Gasteiger partial charge in [0.25, 0.3) is 0 Å². The van der Waals surface area contributed by atoms with Crippen molar-refractivity contribution in [1.29, 1.82) is 0 Å². The molecule has 0 radical (unpaired) electrons. The Morgan fingerprint density at radius 1 is 1.21 bits per heavy atom. The van der Waals surface area contributed by atoms with Crippen molar-refractivity contribution >= 4 is 39.3 Å². The van der Waals surface area contributed by atoms with Crippen molar-refractivity contribution in [3.63, 3.8) is 0 Å². The first-order valence-corrected chi connectivity index (χ1v) is 11.0. The van der Waals surface area contributed by atoms with Crippen LogP contribution in [0.2, 0.25) is 0 Å². The fraction of sp³-hybridized carbons (Fsp3) is 0.238. The number of aromatic nitrogens is 3. The Morgan fingerprint density at radius 3 is 2.66 bits per heavy atom. The van der Waals surface area contributed by atoms with Crippen molar-refractivity contribution < 1.29 is 9.53 Å². The topological polar surface area (TPSA) is 68.2 Å². The number of anilines is 1. The summed E-state index contributed by atoms with van der Waals surface area (Å²) >= 11 is 4.95. The van der Waals surface area contributed by atoms with E-state index in [0.717, 1.165) is 32.6 Å². The number of carbonyl (C=O) groups excluding carboxylic acids is 1. The van der Waals surface area contributed by atoms with Crippen LogP contribution < -0.4 is 9.64 Å². The second kappa shape index (κ2) is 8.12. The lowest BCUT2D eigenvalue weighted by molar-refractivity contribution is -0.118. The molecule has 148 valence electrons. The van der Waals surface area contributed by atoms with Crippen LogP contribution in [0.3, 0.4) is 0 Å². The van der Waals surface area contributed by atoms with Gasteiger partial charge in [0.1, 0.15) is 0 Å². The molecule has 6 nitrogen and oxygen atoms in total. The summed E-state index contributed by atoms with van der Waals surface area (Å²) in [5.74, 6) is 1.07. The van der Waals surface area contributed by atoms with E-state index in [4.69, 9.17) is 4.74 Å². The van der Waals surface area contributed by atoms with Gasteiger partial charge in [-0.15, -0.1) is 10.2 Å². The number of thioether (sulfide) groups is 1. The lowest BCUT2D eigenvalue weighted by Gasteiger charge is -2.30. The SMILES string of the molecule is CCSc1nnc2c(n1)O[C@H](c1ccc(Br)cc1)N(C(C)=O)c1ccc(C)cc1-2. The molecule has 2 heterocycles. The minimum absolute atomic E-state index is 0.132. The van der Waals surface area contributed by atoms with Gasteiger partial charge in [-0.1, -0.05) is 58.4 Å². The molecule has 0 N–H and O–H groups in total. The van der Waals surface area contributed by atoms with E-state index in [2.05, 4.69) is 31.1 Å². The number of hydrogen-bond donors (Lipinski definition) is 0. The maximum absolute atomic E-state index is 12.7. The smallest absolute Gasteiger partial charge is 0.247 e. The average Bonchev–Trinajstić information content (AvgIpc) is 2.83. The third-order valence-corrected chi connectivity index (χ3v) is 5.78. The third kappa shape index (κ3) is 3.86. The van der Waals surface area contributed by atoms with E-state index in [-0.39, 0.29) is 5.91 Å². The highest BCUT2D eigenvalue weighted by atomic mass is 79.9. The van der Waals surface area contributed by atoms with Crippen LogP contribution in [-0.2, 0) is 4.79 Å². The molecule has 3 aromatic rings. The lowest BCUT2D eigenvalue weighted by Crippen LogP contribution is -2.36. The monoisotopic (exact) mass is 470 g/mol. The standard InChI is InChI=1S/C21H19BrN4O2S/c1-4-29-21-23-19-18(24-25-21)16-11-12(2)5-10-17(16)26(13(3)27)20(28-19)14-6-8-15(22)9-7-14/h5-11,20H,4H2,1-3H3/t20-/m1/s1. The van der Waals surface area contributed by atoms with Crippen LogP contribution in [0.1, 0.15) is 31.2 Å². The molecule has 1 aliphatic heterocycles. The predicted molar refractivity (Wildman–Crippen MR) is 117 cm³/mol. The Kier molecular flexibility index (Phi) is 5.56. The van der Waals surface area contributed by atoms with E-state index in [1.165, 1.54) is 18.7 Å². The number of halogens is 1. The molecule has 0 saturated carbocycles. The summed E-state index contributed by atoms with van der Waals surface area (Å²) in [7, 11) is 0. The van der Waals surface area contributed by atoms with Crippen molar-refractivity contribution in [3.8, 4) is 17.1 Å². The maximum atomic E-state index is 12.7. The van der Waals surface area contributed by atoms with Gasteiger partial charge in [-0.2, -0.15) is 4.98 Å². The molecule has 29 heavy (non-hydrogen) atoms. The largest absolute Gasteiger partial charge is 0.447 e. The molecular weight excluding hydrogens is 452 g/mol. The van der Waals surface area contributed by atoms with Gasteiger partial charge in [0, 0.05) is 22.5 Å². The van der Waals surface area contributed by atoms with Gasteiger partial charge in [0.05, 0.1) is 5.69 Å². The first-order valence-electron chi connectivity index (χ1n) is 9.18. The van der Waals surface area contributed by atoms with Crippen LogP contribution in [0, 0.1) is 6.92 Å². The molecule has 1 amide bonds. The number of rotatable bonds is 3. The van der Waals surface area contributed by atoms with Crippen LogP contribution >= 0.6 is 27.7 Å². The Morgan fingerprint density at radius 2 is 1.97 bits per heavy atom. The summed E-state index contributed by atoms with van der Waals surface area (Å²) in [4.78, 5) is 19.0. The zero-order valence-electron chi connectivity index (χ0n) is 16.2. The molecule has 0 fully saturated rings. The van der Waals surface area contributed by atoms with Crippen LogP contribution in [0.25, 0.3) is 11.3 Å². The van der Waals surface area contributed by atoms with Crippen molar-refractivity contribution in [2.45, 2.75) is 32.2 Å². The van der Waals surface area contributed by atoms with Gasteiger partial charge in [-0.3, -0.25) is 9.69 Å². The quantitative estimate of drug-likeness (QED) is 0.492. The number of fused-ring (bicyclic) bond motifs is 3. The highest BCUT2D eigenvalue weighted by Gasteiger charge is 2.34. The molecule has 1 aliphatic rings. The summed E-state index contributed by atoms with van der Waals surface area (Å²) < 4.78 is 7.28. The number of hydrogen-bond acceptors (Lipinski definition) is 6. The summed E-state index contributed by atoms with van der Waals surface area (Å²) in [6.45, 7) is 5.56. The molecule has 1 aromatic heterocycles. The third-order valence-electron chi connectivity index (χ3n) is 4.53. The molecular formula is C21H19BrN4O2S. The molecule has 0 aliphatic carbocycles. The van der Waals surface area contributed by atoms with Crippen molar-refractivity contribution in [2.75, 3.05) is 10.7 Å². The minimum atomic E-state index is -0.667. The summed E-state index contributed by atoms with van der Waals surface area (Å²) in [6, 6.07) is 13.6. The zero-order valence-corrected chi connectivity index (χ0v) is 18.6. The van der Waals surface area contributed by atoms with E-state index in [0.29, 0.717) is 16.7 Å². The number of amides is 1. The van der Waals surface area contributed by atoms with Crippen molar-refractivity contribution in [3.05, 3.63) is 58.1 Å². The molecule has 2 aromatic carbocycles. The predicted octanol–water partition coefficient (Wildman–Crippen LogP) is 5.17. The van der Waals surface area contributed by atoms with Crippen LogP contribution in [0.4, 0.5) is 5.69 Å². The minimum Gasteiger partial charge on any atom is -0.447 e. The van der Waals surface area contributed by atoms with Gasteiger partial charge in [-0.25, -0.2) is 0 Å². The molecule has 0 unspecified atom stereocenters. The van der Waals surface area contributed by atoms with Crippen molar-refractivity contribution in [1.82, 2.24) is 15.2 Å². The van der Waals surface area contributed by atoms with E-state index in [1.807, 2.05) is 56.3 Å². The fourth-order valence-electron chi connectivity index (χ4n) is 3.25. The van der Waals surface area contributed by atoms with Gasteiger partial charge in [0.15, 0.2) is 5.69 Å². The molecule has 0 spiro atoms. The lowest BCUT2D eigenvalue weighted by atomic mass is 10.0. The van der Waals surface area contributed by atoms with E-state index in [1.54, 1.807) is 4.90 Å². The summed E-state index contributed by atoms with van der Waals surface area (Å²) in [5.41, 5.74) is 3.93. The Balaban J connectivity index is 1.96. The van der Waals surface area contributed by atoms with Gasteiger partial charge in [0.2, 0.25) is 23.2 Å². The highest BCUT2D eigenvalue weighted by Crippen LogP contribution is 2.43. The molecule has 1 atom stereocenters. The van der Waals surface area contributed by atoms with Gasteiger partial charge < -0.3 is 4.74 Å². The van der Waals surface area contributed by atoms with Crippen LogP contribution in [0.5, 0.6) is 5.88 Å². The molecule has 4 rings (SSSR count). The maximum Gasteiger partial charge on any atom is 0.247 e. The first-order chi connectivity index (χ1) is 14.0. The number of aryl methyl sites for hydroxylation is 1. The van der Waals surface area contributed by atoms with Gasteiger partial charge in [-0.05, 0) is 36.9 Å². The van der Waals surface area contributed by atoms with E-state index >= 15 is 0 Å². The Hall–Kier alpha value is -2.45. The second-order valence-electron chi connectivity index (χ2n) is 6.61. The molecule has 0 saturated heterocycles. The summed E-state index contributed by atoms with van der Waals surface area (Å²) in [6.07, 6.45) is -0.667. The molecule has 8 heteroatoms. The summed E-state index contributed by atoms with van der Waals surface area (Å²) in [5, 5.41) is 9.20. The fourth-order valence-corrected chi connectivity index (χ4v) is 4.02. The number of nitrogens with zero attached hydrogens (tertiary/aromatic N) is 4. The average molecular weight is 471 g/mol. The number of carbonyl (C=O) groups is 1. The van der Waals surface area contributed by atoms with Gasteiger partial charge >= 0.3 is 0 Å². The van der Waals surface area contributed by atoms with E-state index in [9.17, 15) is 4.79 Å². The zero-order chi connectivity index (χ0) is 20.5. The molecule has 0 bridgehead atoms. The van der Waals surface area contributed by atoms with Crippen molar-refractivity contribution in [2.24, 2.45) is 0 Å². The van der Waals surface area contributed by atoms with Crippen LogP contribution in [0.15, 0.2) is 52.1 Å². The normalized spacial score (nSPS) is 15.2. The Labute approximate surface area is 181 Å². The first kappa shape index (κ1) is 19.8. The highest BCUT2D eigenvalue weighted by molar-refractivity contribution is 9.10. The Bertz CT molecular complexity index is 1070. The number of benzene rings is 2. The van der Waals surface area contributed by atoms with E-state index < -0.39 is 6.23 Å². The van der Waals surface area contributed by atoms with Crippen LogP contribution in [-0.4, -0.2) is 26.8 Å². The second-order valence-corrected chi connectivity index (χ2v) is 8.76.